The van der Waals surface area contributed by atoms with Crippen LogP contribution in [-0.2, 0) is 17.5 Å². The first kappa shape index (κ1) is 14.8. The first-order valence-corrected chi connectivity index (χ1v) is 5.70. The highest BCUT2D eigenvalue weighted by Crippen LogP contribution is 2.32. The summed E-state index contributed by atoms with van der Waals surface area (Å²) < 4.78 is 51.9. The molecule has 1 aromatic heterocycles. The lowest BCUT2D eigenvalue weighted by Gasteiger charge is -2.11. The smallest absolute Gasteiger partial charge is 0.396 e. The largest absolute Gasteiger partial charge is 0.419 e. The molecule has 1 aromatic carbocycles. The van der Waals surface area contributed by atoms with Gasteiger partial charge in [0.25, 0.3) is 0 Å². The van der Waals surface area contributed by atoms with E-state index >= 15 is 0 Å². The molecule has 1 heterocycles. The van der Waals surface area contributed by atoms with Crippen molar-refractivity contribution in [2.45, 2.75) is 12.7 Å². The van der Waals surface area contributed by atoms with Crippen LogP contribution in [0.25, 0.3) is 0 Å². The lowest BCUT2D eigenvalue weighted by molar-refractivity contribution is -0.140. The summed E-state index contributed by atoms with van der Waals surface area (Å²) in [6, 6.07) is 2.22. The van der Waals surface area contributed by atoms with E-state index in [1.165, 1.54) is 17.1 Å². The average molecular weight is 302 g/mol. The number of nitrogen functional groups attached to an aromatic ring is 1. The van der Waals surface area contributed by atoms with Crippen LogP contribution >= 0.6 is 0 Å². The average Bonchev–Trinajstić information content (AvgIpc) is 2.75. The maximum absolute atomic E-state index is 13.1. The molecule has 0 saturated heterocycles. The van der Waals surface area contributed by atoms with E-state index in [1.807, 2.05) is 0 Å². The van der Waals surface area contributed by atoms with Crippen molar-refractivity contribution in [2.24, 2.45) is 0 Å². The third-order valence-corrected chi connectivity index (χ3v) is 2.51. The zero-order valence-corrected chi connectivity index (χ0v) is 10.5. The zero-order valence-electron chi connectivity index (χ0n) is 10.5. The van der Waals surface area contributed by atoms with Gasteiger partial charge in [-0.1, -0.05) is 0 Å². The van der Waals surface area contributed by atoms with Gasteiger partial charge in [-0.3, -0.25) is 9.48 Å². The fourth-order valence-electron chi connectivity index (χ4n) is 1.63. The molecule has 21 heavy (non-hydrogen) atoms. The van der Waals surface area contributed by atoms with Gasteiger partial charge in [0.2, 0.25) is 5.91 Å². The van der Waals surface area contributed by atoms with E-state index < -0.39 is 23.5 Å². The van der Waals surface area contributed by atoms with E-state index in [9.17, 15) is 22.4 Å². The minimum absolute atomic E-state index is 0.158. The Labute approximate surface area is 116 Å². The maximum atomic E-state index is 13.1. The normalized spacial score (nSPS) is 11.4. The first-order chi connectivity index (χ1) is 9.75. The number of benzene rings is 1. The molecule has 5 nitrogen and oxygen atoms in total. The third-order valence-electron chi connectivity index (χ3n) is 2.51. The van der Waals surface area contributed by atoms with Gasteiger partial charge >= 0.3 is 6.18 Å². The van der Waals surface area contributed by atoms with Crippen LogP contribution in [0.2, 0.25) is 0 Å². The van der Waals surface area contributed by atoms with Crippen molar-refractivity contribution in [3.63, 3.8) is 0 Å². The highest BCUT2D eigenvalue weighted by Gasteiger charge is 2.34. The van der Waals surface area contributed by atoms with Crippen LogP contribution in [-0.4, -0.2) is 15.7 Å². The van der Waals surface area contributed by atoms with Gasteiger partial charge in [-0.25, -0.2) is 4.39 Å². The van der Waals surface area contributed by atoms with Crippen molar-refractivity contribution < 1.29 is 22.4 Å². The number of aromatic nitrogens is 2. The minimum Gasteiger partial charge on any atom is -0.396 e. The number of anilines is 2. The maximum Gasteiger partial charge on any atom is 0.419 e. The molecular formula is C12H10F4N4O. The Morgan fingerprint density at radius 1 is 1.38 bits per heavy atom. The van der Waals surface area contributed by atoms with Gasteiger partial charge in [0, 0.05) is 11.9 Å². The van der Waals surface area contributed by atoms with Crippen LogP contribution in [0.4, 0.5) is 28.9 Å². The van der Waals surface area contributed by atoms with Crippen LogP contribution in [0.1, 0.15) is 5.56 Å². The fraction of sp³-hybridized carbons (Fsp3) is 0.167. The molecule has 112 valence electrons. The fourth-order valence-corrected chi connectivity index (χ4v) is 1.63. The number of alkyl halides is 3. The van der Waals surface area contributed by atoms with Gasteiger partial charge in [0.05, 0.1) is 17.4 Å². The quantitative estimate of drug-likeness (QED) is 0.854. The summed E-state index contributed by atoms with van der Waals surface area (Å²) in [5.74, 6) is -2.02. The third kappa shape index (κ3) is 3.71. The minimum atomic E-state index is -4.83. The summed E-state index contributed by atoms with van der Waals surface area (Å²) in [5.41, 5.74) is 4.16. The number of amides is 1. The van der Waals surface area contributed by atoms with E-state index in [-0.39, 0.29) is 12.2 Å². The second-order valence-corrected chi connectivity index (χ2v) is 4.21. The number of nitrogens with zero attached hydrogens (tertiary/aromatic N) is 2. The van der Waals surface area contributed by atoms with Crippen LogP contribution in [0.15, 0.2) is 30.6 Å². The molecule has 3 N–H and O–H groups in total. The van der Waals surface area contributed by atoms with E-state index in [2.05, 4.69) is 10.4 Å². The predicted molar refractivity (Wildman–Crippen MR) is 66.7 cm³/mol. The molecule has 0 aliphatic carbocycles. The van der Waals surface area contributed by atoms with E-state index in [0.29, 0.717) is 17.8 Å². The van der Waals surface area contributed by atoms with Gasteiger partial charge in [-0.15, -0.1) is 0 Å². The van der Waals surface area contributed by atoms with E-state index in [0.717, 1.165) is 6.07 Å². The Hall–Kier alpha value is -2.58. The molecule has 0 aliphatic rings. The van der Waals surface area contributed by atoms with Crippen molar-refractivity contribution in [2.75, 3.05) is 11.1 Å². The molecule has 0 atom stereocenters. The topological polar surface area (TPSA) is 72.9 Å². The molecule has 0 saturated carbocycles. The number of carbonyl (C=O) groups is 1. The molecule has 0 unspecified atom stereocenters. The van der Waals surface area contributed by atoms with Crippen LogP contribution < -0.4 is 11.1 Å². The van der Waals surface area contributed by atoms with Gasteiger partial charge in [0.1, 0.15) is 12.4 Å². The highest BCUT2D eigenvalue weighted by molar-refractivity contribution is 5.90. The summed E-state index contributed by atoms with van der Waals surface area (Å²) in [7, 11) is 0. The molecule has 9 heteroatoms. The summed E-state index contributed by atoms with van der Waals surface area (Å²) in [6.45, 7) is -0.226. The van der Waals surface area contributed by atoms with Crippen LogP contribution in [0.5, 0.6) is 0 Å². The molecule has 0 bridgehead atoms. The number of halogens is 4. The molecule has 1 amide bonds. The van der Waals surface area contributed by atoms with Crippen molar-refractivity contribution in [1.29, 1.82) is 0 Å². The highest BCUT2D eigenvalue weighted by atomic mass is 19.4. The van der Waals surface area contributed by atoms with Crippen molar-refractivity contribution in [3.05, 3.63) is 42.0 Å². The van der Waals surface area contributed by atoms with Crippen molar-refractivity contribution >= 4 is 17.3 Å². The van der Waals surface area contributed by atoms with Crippen molar-refractivity contribution in [3.8, 4) is 0 Å². The van der Waals surface area contributed by atoms with Gasteiger partial charge in [0.15, 0.2) is 0 Å². The second-order valence-electron chi connectivity index (χ2n) is 4.21. The van der Waals surface area contributed by atoms with Gasteiger partial charge < -0.3 is 11.1 Å². The van der Waals surface area contributed by atoms with Gasteiger partial charge in [-0.05, 0) is 18.2 Å². The lowest BCUT2D eigenvalue weighted by atomic mass is 10.2. The van der Waals surface area contributed by atoms with Crippen molar-refractivity contribution in [1.82, 2.24) is 9.78 Å². The van der Waals surface area contributed by atoms with Crippen LogP contribution in [0, 0.1) is 5.82 Å². The summed E-state index contributed by atoms with van der Waals surface area (Å²) in [5, 5.41) is 5.99. The monoisotopic (exact) mass is 302 g/mol. The number of rotatable bonds is 3. The lowest BCUT2D eigenvalue weighted by Crippen LogP contribution is -2.19. The van der Waals surface area contributed by atoms with Gasteiger partial charge in [-0.2, -0.15) is 18.3 Å². The predicted octanol–water partition coefficient (Wildman–Crippen LogP) is 2.26. The zero-order chi connectivity index (χ0) is 15.6. The standard InChI is InChI=1S/C12H10F4N4O/c13-10-2-1-8(3-9(10)12(14,15)16)19-11(21)6-20-5-7(17)4-18-20/h1-5H,6,17H2,(H,19,21). The van der Waals surface area contributed by atoms with E-state index in [1.54, 1.807) is 0 Å². The Kier molecular flexibility index (Phi) is 3.83. The Bertz CT molecular complexity index is 666. The molecule has 2 rings (SSSR count). The molecular weight excluding hydrogens is 292 g/mol. The summed E-state index contributed by atoms with van der Waals surface area (Å²) >= 11 is 0. The Morgan fingerprint density at radius 3 is 2.67 bits per heavy atom. The number of hydrogen-bond donors (Lipinski definition) is 2. The number of hydrogen-bond acceptors (Lipinski definition) is 3. The number of nitrogens with two attached hydrogens (primary N) is 1. The molecule has 2 aromatic rings. The molecule has 0 aliphatic heterocycles. The van der Waals surface area contributed by atoms with E-state index in [4.69, 9.17) is 5.73 Å². The number of nitrogens with one attached hydrogen (secondary N) is 1. The summed E-state index contributed by atoms with van der Waals surface area (Å²) in [4.78, 5) is 11.6. The molecule has 0 fully saturated rings. The Balaban J connectivity index is 2.11. The molecule has 0 spiro atoms. The second kappa shape index (κ2) is 5.43. The number of carbonyl (C=O) groups excluding carboxylic acids is 1. The Morgan fingerprint density at radius 2 is 2.10 bits per heavy atom. The molecule has 0 radical (unpaired) electrons. The first-order valence-electron chi connectivity index (χ1n) is 5.70. The van der Waals surface area contributed by atoms with Crippen LogP contribution in [0.3, 0.4) is 0 Å². The summed E-state index contributed by atoms with van der Waals surface area (Å²) in [6.07, 6.45) is -2.11. The SMILES string of the molecule is Nc1cnn(CC(=O)Nc2ccc(F)c(C(F)(F)F)c2)c1.